The SMILES string of the molecule is CC(C)(C)c1cc(-c2nccc3c2oc2c3ccc3ccoc32)cc2ccccc12. The molecule has 0 radical (unpaired) electrons. The molecule has 0 fully saturated rings. The molecule has 3 aromatic carbocycles. The molecular weight excluding hydrogens is 370 g/mol. The van der Waals surface area contributed by atoms with Crippen molar-refractivity contribution < 1.29 is 8.83 Å². The second-order valence-electron chi connectivity index (χ2n) is 8.91. The van der Waals surface area contributed by atoms with Crippen molar-refractivity contribution in [1.29, 1.82) is 0 Å². The van der Waals surface area contributed by atoms with Gasteiger partial charge in [-0.2, -0.15) is 0 Å². The van der Waals surface area contributed by atoms with Crippen molar-refractivity contribution in [2.75, 3.05) is 0 Å². The minimum Gasteiger partial charge on any atom is -0.460 e. The first-order chi connectivity index (χ1) is 14.5. The van der Waals surface area contributed by atoms with Crippen molar-refractivity contribution in [3.63, 3.8) is 0 Å². The highest BCUT2D eigenvalue weighted by Gasteiger charge is 2.21. The molecule has 0 unspecified atom stereocenters. The van der Waals surface area contributed by atoms with Crippen LogP contribution >= 0.6 is 0 Å². The van der Waals surface area contributed by atoms with Crippen molar-refractivity contribution in [3.8, 4) is 11.3 Å². The van der Waals surface area contributed by atoms with E-state index < -0.39 is 0 Å². The maximum Gasteiger partial charge on any atom is 0.178 e. The van der Waals surface area contributed by atoms with E-state index in [-0.39, 0.29) is 5.41 Å². The van der Waals surface area contributed by atoms with E-state index in [1.807, 2.05) is 18.3 Å². The summed E-state index contributed by atoms with van der Waals surface area (Å²) < 4.78 is 12.1. The van der Waals surface area contributed by atoms with Gasteiger partial charge < -0.3 is 8.83 Å². The molecule has 30 heavy (non-hydrogen) atoms. The first-order valence-corrected chi connectivity index (χ1v) is 10.2. The predicted molar refractivity (Wildman–Crippen MR) is 123 cm³/mol. The molecule has 3 aromatic heterocycles. The van der Waals surface area contributed by atoms with Gasteiger partial charge in [-0.3, -0.25) is 4.98 Å². The predicted octanol–water partition coefficient (Wildman–Crippen LogP) is 7.84. The average Bonchev–Trinajstić information content (AvgIpc) is 3.36. The van der Waals surface area contributed by atoms with E-state index >= 15 is 0 Å². The summed E-state index contributed by atoms with van der Waals surface area (Å²) in [6.07, 6.45) is 3.57. The number of pyridine rings is 1. The second-order valence-corrected chi connectivity index (χ2v) is 8.91. The van der Waals surface area contributed by atoms with Crippen LogP contribution in [0.1, 0.15) is 26.3 Å². The van der Waals surface area contributed by atoms with E-state index in [2.05, 4.69) is 69.3 Å². The van der Waals surface area contributed by atoms with Crippen LogP contribution in [0.5, 0.6) is 0 Å². The lowest BCUT2D eigenvalue weighted by Crippen LogP contribution is -2.12. The third-order valence-electron chi connectivity index (χ3n) is 5.92. The minimum absolute atomic E-state index is 0.0116. The maximum absolute atomic E-state index is 6.39. The second kappa shape index (κ2) is 5.96. The molecule has 0 aliphatic carbocycles. The van der Waals surface area contributed by atoms with Gasteiger partial charge in [0, 0.05) is 27.9 Å². The van der Waals surface area contributed by atoms with Gasteiger partial charge in [-0.25, -0.2) is 0 Å². The number of fused-ring (bicyclic) bond motifs is 6. The van der Waals surface area contributed by atoms with Crippen molar-refractivity contribution in [1.82, 2.24) is 4.98 Å². The molecule has 6 rings (SSSR count). The monoisotopic (exact) mass is 391 g/mol. The number of furan rings is 2. The van der Waals surface area contributed by atoms with Crippen LogP contribution in [0.4, 0.5) is 0 Å². The Kier molecular flexibility index (Phi) is 3.43. The lowest BCUT2D eigenvalue weighted by Gasteiger charge is -2.22. The van der Waals surface area contributed by atoms with Crippen LogP contribution in [-0.2, 0) is 5.41 Å². The first kappa shape index (κ1) is 17.3. The normalized spacial score (nSPS) is 12.5. The molecule has 0 bridgehead atoms. The van der Waals surface area contributed by atoms with E-state index in [0.717, 1.165) is 44.2 Å². The summed E-state index contributed by atoms with van der Waals surface area (Å²) in [5.74, 6) is 0. The highest BCUT2D eigenvalue weighted by atomic mass is 16.4. The number of hydrogen-bond donors (Lipinski definition) is 0. The zero-order chi connectivity index (χ0) is 20.5. The molecule has 146 valence electrons. The highest BCUT2D eigenvalue weighted by molar-refractivity contribution is 6.15. The summed E-state index contributed by atoms with van der Waals surface area (Å²) in [7, 11) is 0. The Morgan fingerprint density at radius 1 is 0.733 bits per heavy atom. The highest BCUT2D eigenvalue weighted by Crippen LogP contribution is 2.40. The molecule has 6 aromatic rings. The summed E-state index contributed by atoms with van der Waals surface area (Å²) in [6, 6.07) is 21.2. The standard InChI is InChI=1S/C27H21NO2/c1-27(2,3)22-15-18(14-17-6-4-5-7-19(17)22)23-25-21(10-12-28-23)20-9-8-16-11-13-29-24(16)26(20)30-25/h4-15H,1-3H3. The summed E-state index contributed by atoms with van der Waals surface area (Å²) in [4.78, 5) is 4.75. The molecule has 3 heterocycles. The number of hydrogen-bond acceptors (Lipinski definition) is 3. The molecule has 0 aliphatic heterocycles. The number of nitrogens with zero attached hydrogens (tertiary/aromatic N) is 1. The van der Waals surface area contributed by atoms with E-state index in [9.17, 15) is 0 Å². The zero-order valence-corrected chi connectivity index (χ0v) is 17.2. The summed E-state index contributed by atoms with van der Waals surface area (Å²) in [5, 5.41) is 5.63. The lowest BCUT2D eigenvalue weighted by atomic mass is 9.82. The van der Waals surface area contributed by atoms with Crippen LogP contribution in [0, 0.1) is 0 Å². The van der Waals surface area contributed by atoms with Crippen LogP contribution in [-0.4, -0.2) is 4.98 Å². The van der Waals surface area contributed by atoms with Gasteiger partial charge in [-0.15, -0.1) is 0 Å². The largest absolute Gasteiger partial charge is 0.460 e. The van der Waals surface area contributed by atoms with Gasteiger partial charge in [0.15, 0.2) is 16.7 Å². The van der Waals surface area contributed by atoms with Gasteiger partial charge in [0.2, 0.25) is 0 Å². The summed E-state index contributed by atoms with van der Waals surface area (Å²) >= 11 is 0. The zero-order valence-electron chi connectivity index (χ0n) is 17.2. The minimum atomic E-state index is 0.0116. The van der Waals surface area contributed by atoms with Gasteiger partial charge in [0.05, 0.1) is 6.26 Å². The number of benzene rings is 3. The summed E-state index contributed by atoms with van der Waals surface area (Å²) in [5.41, 5.74) is 5.60. The Morgan fingerprint density at radius 3 is 2.43 bits per heavy atom. The van der Waals surface area contributed by atoms with E-state index in [1.54, 1.807) is 6.26 Å². The van der Waals surface area contributed by atoms with Gasteiger partial charge in [-0.05, 0) is 52.1 Å². The van der Waals surface area contributed by atoms with E-state index in [0.29, 0.717) is 0 Å². The van der Waals surface area contributed by atoms with Gasteiger partial charge >= 0.3 is 0 Å². The fourth-order valence-corrected chi connectivity index (χ4v) is 4.46. The van der Waals surface area contributed by atoms with Crippen molar-refractivity contribution >= 4 is 43.7 Å². The first-order valence-electron chi connectivity index (χ1n) is 10.2. The van der Waals surface area contributed by atoms with Gasteiger partial charge in [0.25, 0.3) is 0 Å². The smallest absolute Gasteiger partial charge is 0.178 e. The molecule has 0 amide bonds. The molecule has 3 nitrogen and oxygen atoms in total. The van der Waals surface area contributed by atoms with Gasteiger partial charge in [-0.1, -0.05) is 51.1 Å². The third-order valence-corrected chi connectivity index (χ3v) is 5.92. The van der Waals surface area contributed by atoms with Crippen molar-refractivity contribution in [3.05, 3.63) is 78.7 Å². The third kappa shape index (κ3) is 2.42. The van der Waals surface area contributed by atoms with Crippen molar-refractivity contribution in [2.45, 2.75) is 26.2 Å². The maximum atomic E-state index is 6.39. The number of aromatic nitrogens is 1. The van der Waals surface area contributed by atoms with Crippen LogP contribution in [0.15, 0.2) is 82.0 Å². The Hall–Kier alpha value is -3.59. The van der Waals surface area contributed by atoms with Gasteiger partial charge in [0.1, 0.15) is 5.69 Å². The molecule has 3 heteroatoms. The fraction of sp³-hybridized carbons (Fsp3) is 0.148. The van der Waals surface area contributed by atoms with E-state index in [4.69, 9.17) is 13.8 Å². The molecule has 0 saturated carbocycles. The Labute approximate surface area is 173 Å². The fourth-order valence-electron chi connectivity index (χ4n) is 4.46. The molecule has 0 N–H and O–H groups in total. The Balaban J connectivity index is 1.71. The quantitative estimate of drug-likeness (QED) is 0.286. The van der Waals surface area contributed by atoms with Crippen LogP contribution in [0.25, 0.3) is 54.9 Å². The molecule has 0 saturated heterocycles. The lowest BCUT2D eigenvalue weighted by molar-refractivity contribution is 0.596. The van der Waals surface area contributed by atoms with E-state index in [1.165, 1.54) is 16.3 Å². The van der Waals surface area contributed by atoms with Crippen molar-refractivity contribution in [2.24, 2.45) is 0 Å². The average molecular weight is 391 g/mol. The Morgan fingerprint density at radius 2 is 1.57 bits per heavy atom. The van der Waals surface area contributed by atoms with Crippen LogP contribution in [0.3, 0.4) is 0 Å². The Bertz CT molecular complexity index is 1580. The molecular formula is C27H21NO2. The van der Waals surface area contributed by atoms with Crippen LogP contribution in [0.2, 0.25) is 0 Å². The number of rotatable bonds is 1. The molecule has 0 aliphatic rings. The summed E-state index contributed by atoms with van der Waals surface area (Å²) in [6.45, 7) is 6.75. The van der Waals surface area contributed by atoms with Crippen LogP contribution < -0.4 is 0 Å². The molecule has 0 spiro atoms. The topological polar surface area (TPSA) is 39.2 Å². The molecule has 0 atom stereocenters.